The summed E-state index contributed by atoms with van der Waals surface area (Å²) in [5.74, 6) is 0. The van der Waals surface area contributed by atoms with Gasteiger partial charge in [0.05, 0.1) is 6.61 Å². The maximum absolute atomic E-state index is 6.14. The van der Waals surface area contributed by atoms with Gasteiger partial charge in [-0.15, -0.1) is 0 Å². The quantitative estimate of drug-likeness (QED) is 0.0598. The maximum Gasteiger partial charge on any atom is 0.0537 e. The van der Waals surface area contributed by atoms with Crippen LogP contribution in [0, 0.1) is 5.41 Å². The van der Waals surface area contributed by atoms with Crippen molar-refractivity contribution >= 4 is 45.2 Å². The fourth-order valence-corrected chi connectivity index (χ4v) is 6.33. The van der Waals surface area contributed by atoms with Gasteiger partial charge in [0.1, 0.15) is 0 Å². The summed E-state index contributed by atoms with van der Waals surface area (Å²) >= 11 is 5.16. The lowest BCUT2D eigenvalue weighted by atomic mass is 9.87. The second-order valence-electron chi connectivity index (χ2n) is 8.78. The number of unbranched alkanes of at least 4 members (excludes halogenated alkanes) is 12. The Balaban J connectivity index is 3.64. The second kappa shape index (κ2) is 24.0. The van der Waals surface area contributed by atoms with Crippen molar-refractivity contribution < 1.29 is 9.47 Å². The number of hydrogen-bond acceptors (Lipinski definition) is 2. The smallest absolute Gasteiger partial charge is 0.0537 e. The predicted octanol–water partition coefficient (Wildman–Crippen LogP) is 9.16. The van der Waals surface area contributed by atoms with E-state index in [2.05, 4.69) is 59.0 Å². The molecule has 176 valence electrons. The zero-order valence-corrected chi connectivity index (χ0v) is 23.9. The summed E-state index contributed by atoms with van der Waals surface area (Å²) in [6.45, 7) is 8.35. The van der Waals surface area contributed by atoms with Crippen molar-refractivity contribution in [1.82, 2.24) is 0 Å². The Morgan fingerprint density at radius 3 is 1.48 bits per heavy atom. The fraction of sp³-hybridized carbons (Fsp3) is 1.00. The third-order valence-electron chi connectivity index (χ3n) is 5.76. The first-order chi connectivity index (χ1) is 14.2. The average molecular weight is 636 g/mol. The molecule has 0 radical (unpaired) electrons. The van der Waals surface area contributed by atoms with Crippen molar-refractivity contribution in [1.29, 1.82) is 0 Å². The van der Waals surface area contributed by atoms with Crippen LogP contribution in [0.2, 0.25) is 0 Å². The molecule has 0 aromatic heterocycles. The molecule has 2 nitrogen and oxygen atoms in total. The van der Waals surface area contributed by atoms with Gasteiger partial charge in [-0.3, -0.25) is 0 Å². The Labute approximate surface area is 210 Å². The molecule has 4 heteroatoms. The zero-order valence-electron chi connectivity index (χ0n) is 19.6. The standard InChI is InChI=1S/C25H50I2O2/c1-3-5-7-8-9-10-12-17-21-29-24-25(22-26,23-27)18-14-11-13-16-20-28-19-15-6-4-2/h3-24H2,1-2H3. The molecule has 0 unspecified atom stereocenters. The Hall–Kier alpha value is 1.38. The van der Waals surface area contributed by atoms with E-state index in [4.69, 9.17) is 9.47 Å². The summed E-state index contributed by atoms with van der Waals surface area (Å²) in [7, 11) is 0. The van der Waals surface area contributed by atoms with Gasteiger partial charge in [-0.2, -0.15) is 0 Å². The van der Waals surface area contributed by atoms with Crippen molar-refractivity contribution in [3.05, 3.63) is 0 Å². The highest BCUT2D eigenvalue weighted by Crippen LogP contribution is 2.31. The monoisotopic (exact) mass is 636 g/mol. The molecule has 0 aliphatic heterocycles. The van der Waals surface area contributed by atoms with Gasteiger partial charge in [-0.05, 0) is 25.7 Å². The summed E-state index contributed by atoms with van der Waals surface area (Å²) in [4.78, 5) is 0. The lowest BCUT2D eigenvalue weighted by Gasteiger charge is -2.30. The largest absolute Gasteiger partial charge is 0.381 e. The molecular formula is C25H50I2O2. The van der Waals surface area contributed by atoms with Crippen LogP contribution in [0.5, 0.6) is 0 Å². The van der Waals surface area contributed by atoms with Gasteiger partial charge in [0.2, 0.25) is 0 Å². The van der Waals surface area contributed by atoms with Gasteiger partial charge in [-0.25, -0.2) is 0 Å². The van der Waals surface area contributed by atoms with Crippen LogP contribution in [0.1, 0.15) is 117 Å². The molecule has 0 aliphatic carbocycles. The summed E-state index contributed by atoms with van der Waals surface area (Å²) < 4.78 is 14.3. The Kier molecular flexibility index (Phi) is 25.2. The van der Waals surface area contributed by atoms with Gasteiger partial charge in [0.25, 0.3) is 0 Å². The SMILES string of the molecule is CCCCCCCCCCOCC(CI)(CI)CCCCCCOCCCCC. The van der Waals surface area contributed by atoms with Gasteiger partial charge in [0, 0.05) is 34.1 Å². The minimum Gasteiger partial charge on any atom is -0.381 e. The van der Waals surface area contributed by atoms with Gasteiger partial charge in [-0.1, -0.05) is 136 Å². The van der Waals surface area contributed by atoms with E-state index in [0.717, 1.165) is 26.4 Å². The molecule has 0 rings (SSSR count). The lowest BCUT2D eigenvalue weighted by molar-refractivity contribution is 0.0614. The van der Waals surface area contributed by atoms with Crippen LogP contribution >= 0.6 is 45.2 Å². The Bertz CT molecular complexity index is 283. The highest BCUT2D eigenvalue weighted by Gasteiger charge is 2.27. The topological polar surface area (TPSA) is 18.5 Å². The molecule has 0 amide bonds. The highest BCUT2D eigenvalue weighted by molar-refractivity contribution is 14.1. The van der Waals surface area contributed by atoms with Gasteiger partial charge >= 0.3 is 0 Å². The van der Waals surface area contributed by atoms with E-state index in [9.17, 15) is 0 Å². The Morgan fingerprint density at radius 1 is 0.517 bits per heavy atom. The van der Waals surface area contributed by atoms with E-state index >= 15 is 0 Å². The minimum absolute atomic E-state index is 0.387. The summed E-state index contributed by atoms with van der Waals surface area (Å²) in [5.41, 5.74) is 0.387. The van der Waals surface area contributed by atoms with Crippen LogP contribution in [0.15, 0.2) is 0 Å². The average Bonchev–Trinajstić information content (AvgIpc) is 2.75. The number of alkyl halides is 2. The van der Waals surface area contributed by atoms with Crippen LogP contribution in [-0.2, 0) is 9.47 Å². The molecule has 0 heterocycles. The lowest BCUT2D eigenvalue weighted by Crippen LogP contribution is -2.31. The van der Waals surface area contributed by atoms with E-state index in [1.165, 1.54) is 112 Å². The molecule has 0 aliphatic rings. The van der Waals surface area contributed by atoms with Crippen molar-refractivity contribution in [2.75, 3.05) is 35.3 Å². The zero-order chi connectivity index (χ0) is 21.5. The fourth-order valence-electron chi connectivity index (χ4n) is 3.56. The van der Waals surface area contributed by atoms with Crippen molar-refractivity contribution in [3.63, 3.8) is 0 Å². The molecule has 29 heavy (non-hydrogen) atoms. The first kappa shape index (κ1) is 30.4. The van der Waals surface area contributed by atoms with Crippen LogP contribution in [0.25, 0.3) is 0 Å². The van der Waals surface area contributed by atoms with E-state index in [1.54, 1.807) is 0 Å². The molecular weight excluding hydrogens is 586 g/mol. The first-order valence-electron chi connectivity index (χ1n) is 12.5. The number of halogens is 2. The first-order valence-corrected chi connectivity index (χ1v) is 15.6. The molecule has 0 N–H and O–H groups in total. The van der Waals surface area contributed by atoms with E-state index in [1.807, 2.05) is 0 Å². The molecule has 0 saturated heterocycles. The van der Waals surface area contributed by atoms with Gasteiger partial charge in [0.15, 0.2) is 0 Å². The third kappa shape index (κ3) is 19.8. The van der Waals surface area contributed by atoms with Crippen LogP contribution < -0.4 is 0 Å². The second-order valence-corrected chi connectivity index (χ2v) is 10.3. The molecule has 0 aromatic rings. The van der Waals surface area contributed by atoms with Gasteiger partial charge < -0.3 is 9.47 Å². The van der Waals surface area contributed by atoms with Crippen molar-refractivity contribution in [3.8, 4) is 0 Å². The predicted molar refractivity (Wildman–Crippen MR) is 147 cm³/mol. The third-order valence-corrected chi connectivity index (χ3v) is 8.99. The number of hydrogen-bond donors (Lipinski definition) is 0. The maximum atomic E-state index is 6.14. The number of ether oxygens (including phenoxy) is 2. The van der Waals surface area contributed by atoms with E-state index < -0.39 is 0 Å². The van der Waals surface area contributed by atoms with E-state index in [-0.39, 0.29) is 0 Å². The van der Waals surface area contributed by atoms with Crippen LogP contribution in [0.3, 0.4) is 0 Å². The molecule has 0 aromatic carbocycles. The normalized spacial score (nSPS) is 12.0. The minimum atomic E-state index is 0.387. The Morgan fingerprint density at radius 2 is 0.931 bits per heavy atom. The van der Waals surface area contributed by atoms with Crippen molar-refractivity contribution in [2.45, 2.75) is 117 Å². The summed E-state index contributed by atoms with van der Waals surface area (Å²) in [6.07, 6.45) is 21.3. The molecule has 0 atom stereocenters. The van der Waals surface area contributed by atoms with Crippen molar-refractivity contribution in [2.24, 2.45) is 5.41 Å². The van der Waals surface area contributed by atoms with E-state index in [0.29, 0.717) is 5.41 Å². The van der Waals surface area contributed by atoms with Crippen LogP contribution in [0.4, 0.5) is 0 Å². The van der Waals surface area contributed by atoms with Crippen LogP contribution in [-0.4, -0.2) is 35.3 Å². The molecule has 0 spiro atoms. The summed E-state index contributed by atoms with van der Waals surface area (Å²) in [6, 6.07) is 0. The number of rotatable bonds is 24. The highest BCUT2D eigenvalue weighted by atomic mass is 127. The molecule has 0 bridgehead atoms. The molecule has 0 fully saturated rings. The molecule has 0 saturated carbocycles. The summed E-state index contributed by atoms with van der Waals surface area (Å²) in [5, 5.41) is 0.